The van der Waals surface area contributed by atoms with Crippen LogP contribution in [0.1, 0.15) is 10.4 Å². The number of ether oxygens (including phenoxy) is 2. The third kappa shape index (κ3) is 4.65. The van der Waals surface area contributed by atoms with Gasteiger partial charge in [-0.05, 0) is 18.2 Å². The monoisotopic (exact) mass is 371 g/mol. The van der Waals surface area contributed by atoms with Crippen molar-refractivity contribution in [2.24, 2.45) is 0 Å². The highest BCUT2D eigenvalue weighted by Gasteiger charge is 2.19. The Balaban J connectivity index is 1.46. The van der Waals surface area contributed by atoms with Gasteiger partial charge in [-0.1, -0.05) is 6.07 Å². The smallest absolute Gasteiger partial charge is 0.255 e. The number of aromatic nitrogens is 2. The molecule has 2 aromatic rings. The Morgan fingerprint density at radius 2 is 1.81 bits per heavy atom. The maximum atomic E-state index is 12.5. The minimum atomic E-state index is -0.165. The highest BCUT2D eigenvalue weighted by molar-refractivity contribution is 5.97. The molecule has 0 unspecified atom stereocenters. The fourth-order valence-electron chi connectivity index (χ4n) is 3.11. The number of amides is 1. The van der Waals surface area contributed by atoms with E-state index >= 15 is 0 Å². The summed E-state index contributed by atoms with van der Waals surface area (Å²) in [5, 5.41) is 2.96. The summed E-state index contributed by atoms with van der Waals surface area (Å²) < 4.78 is 10.6. The van der Waals surface area contributed by atoms with E-state index in [4.69, 9.17) is 9.47 Å². The summed E-state index contributed by atoms with van der Waals surface area (Å²) in [5.41, 5.74) is 0.475. The van der Waals surface area contributed by atoms with Crippen LogP contribution in [0.3, 0.4) is 0 Å². The number of carbonyl (C=O) groups excluding carboxylic acids is 1. The van der Waals surface area contributed by atoms with Crippen molar-refractivity contribution in [2.75, 3.05) is 58.4 Å². The number of nitrogens with zero attached hydrogens (tertiary/aromatic N) is 4. The molecule has 0 atom stereocenters. The van der Waals surface area contributed by atoms with E-state index in [1.807, 2.05) is 6.07 Å². The van der Waals surface area contributed by atoms with Gasteiger partial charge in [0.05, 0.1) is 19.8 Å². The fourth-order valence-corrected chi connectivity index (χ4v) is 3.11. The van der Waals surface area contributed by atoms with Crippen LogP contribution in [0.4, 0.5) is 5.95 Å². The van der Waals surface area contributed by atoms with Crippen molar-refractivity contribution in [3.63, 3.8) is 0 Å². The third-order valence-electron chi connectivity index (χ3n) is 4.57. The number of hydrogen-bond donors (Lipinski definition) is 1. The molecule has 1 aromatic heterocycles. The number of benzene rings is 1. The lowest BCUT2D eigenvalue weighted by atomic mass is 10.1. The van der Waals surface area contributed by atoms with Crippen molar-refractivity contribution in [3.05, 3.63) is 42.2 Å². The van der Waals surface area contributed by atoms with Gasteiger partial charge in [-0.3, -0.25) is 9.69 Å². The van der Waals surface area contributed by atoms with Gasteiger partial charge < -0.3 is 19.7 Å². The van der Waals surface area contributed by atoms with E-state index in [0.29, 0.717) is 23.6 Å². The Labute approximate surface area is 159 Å². The van der Waals surface area contributed by atoms with E-state index < -0.39 is 0 Å². The SMILES string of the molecule is COc1cccc(C(=O)NCCN2CCN(c3ncccn3)CC2)c1OC. The van der Waals surface area contributed by atoms with Crippen molar-refractivity contribution >= 4 is 11.9 Å². The molecule has 27 heavy (non-hydrogen) atoms. The molecule has 0 saturated carbocycles. The molecule has 0 aliphatic carbocycles. The molecule has 3 rings (SSSR count). The Morgan fingerprint density at radius 1 is 1.07 bits per heavy atom. The number of nitrogens with one attached hydrogen (secondary N) is 1. The van der Waals surface area contributed by atoms with Crippen LogP contribution in [-0.2, 0) is 0 Å². The average molecular weight is 371 g/mol. The van der Waals surface area contributed by atoms with Crippen LogP contribution in [-0.4, -0.2) is 74.3 Å². The maximum Gasteiger partial charge on any atom is 0.255 e. The minimum Gasteiger partial charge on any atom is -0.493 e. The second-order valence-electron chi connectivity index (χ2n) is 6.17. The zero-order valence-electron chi connectivity index (χ0n) is 15.7. The number of para-hydroxylation sites is 1. The summed E-state index contributed by atoms with van der Waals surface area (Å²) in [6, 6.07) is 7.10. The number of hydrogen-bond acceptors (Lipinski definition) is 7. The van der Waals surface area contributed by atoms with Gasteiger partial charge in [0.25, 0.3) is 5.91 Å². The van der Waals surface area contributed by atoms with Gasteiger partial charge in [0.1, 0.15) is 0 Å². The normalized spacial score (nSPS) is 14.7. The molecule has 0 spiro atoms. The van der Waals surface area contributed by atoms with Crippen LogP contribution in [0.25, 0.3) is 0 Å². The lowest BCUT2D eigenvalue weighted by Crippen LogP contribution is -2.49. The second-order valence-corrected chi connectivity index (χ2v) is 6.17. The van der Waals surface area contributed by atoms with Crippen molar-refractivity contribution in [1.82, 2.24) is 20.2 Å². The quantitative estimate of drug-likeness (QED) is 0.779. The van der Waals surface area contributed by atoms with Gasteiger partial charge in [-0.15, -0.1) is 0 Å². The predicted octanol–water partition coefficient (Wildman–Crippen LogP) is 1.05. The molecule has 0 bridgehead atoms. The lowest BCUT2D eigenvalue weighted by Gasteiger charge is -2.34. The van der Waals surface area contributed by atoms with Crippen LogP contribution in [0, 0.1) is 0 Å². The minimum absolute atomic E-state index is 0.165. The molecule has 0 radical (unpaired) electrons. The zero-order valence-corrected chi connectivity index (χ0v) is 15.7. The molecule has 2 heterocycles. The molecular weight excluding hydrogens is 346 g/mol. The van der Waals surface area contributed by atoms with Crippen molar-refractivity contribution < 1.29 is 14.3 Å². The molecule has 1 N–H and O–H groups in total. The number of rotatable bonds is 7. The molecule has 1 aromatic carbocycles. The summed E-state index contributed by atoms with van der Waals surface area (Å²) >= 11 is 0. The molecule has 1 aliphatic rings. The molecule has 1 aliphatic heterocycles. The Morgan fingerprint density at radius 3 is 2.48 bits per heavy atom. The van der Waals surface area contributed by atoms with Gasteiger partial charge in [0.15, 0.2) is 11.5 Å². The fraction of sp³-hybridized carbons (Fsp3) is 0.421. The molecule has 1 fully saturated rings. The van der Waals surface area contributed by atoms with Crippen LogP contribution >= 0.6 is 0 Å². The number of methoxy groups -OCH3 is 2. The number of anilines is 1. The first kappa shape index (κ1) is 18.9. The predicted molar refractivity (Wildman–Crippen MR) is 103 cm³/mol. The number of carbonyl (C=O) groups is 1. The Kier molecular flexibility index (Phi) is 6.43. The first-order valence-corrected chi connectivity index (χ1v) is 8.96. The molecule has 1 amide bonds. The standard InChI is InChI=1S/C19H25N5O3/c1-26-16-6-3-5-15(17(16)27-2)18(25)20-9-10-23-11-13-24(14-12-23)19-21-7-4-8-22-19/h3-8H,9-14H2,1-2H3,(H,20,25). The van der Waals surface area contributed by atoms with Gasteiger partial charge in [0, 0.05) is 51.7 Å². The van der Waals surface area contributed by atoms with E-state index in [0.717, 1.165) is 38.7 Å². The van der Waals surface area contributed by atoms with Gasteiger partial charge in [-0.2, -0.15) is 0 Å². The van der Waals surface area contributed by atoms with E-state index in [-0.39, 0.29) is 5.91 Å². The van der Waals surface area contributed by atoms with Gasteiger partial charge in [0.2, 0.25) is 5.95 Å². The van der Waals surface area contributed by atoms with E-state index in [9.17, 15) is 4.79 Å². The van der Waals surface area contributed by atoms with E-state index in [1.54, 1.807) is 37.7 Å². The number of piperazine rings is 1. The molecular formula is C19H25N5O3. The third-order valence-corrected chi connectivity index (χ3v) is 4.57. The highest BCUT2D eigenvalue weighted by atomic mass is 16.5. The largest absolute Gasteiger partial charge is 0.493 e. The Bertz CT molecular complexity index is 748. The van der Waals surface area contributed by atoms with Gasteiger partial charge >= 0.3 is 0 Å². The van der Waals surface area contributed by atoms with Crippen molar-refractivity contribution in [3.8, 4) is 11.5 Å². The molecule has 8 heteroatoms. The van der Waals surface area contributed by atoms with Crippen LogP contribution in [0.5, 0.6) is 11.5 Å². The topological polar surface area (TPSA) is 79.8 Å². The summed E-state index contributed by atoms with van der Waals surface area (Å²) in [6.45, 7) is 4.94. The molecule has 1 saturated heterocycles. The first-order valence-electron chi connectivity index (χ1n) is 8.96. The molecule has 144 valence electrons. The molecule has 8 nitrogen and oxygen atoms in total. The van der Waals surface area contributed by atoms with Crippen molar-refractivity contribution in [2.45, 2.75) is 0 Å². The summed E-state index contributed by atoms with van der Waals surface area (Å²) in [6.07, 6.45) is 3.52. The highest BCUT2D eigenvalue weighted by Crippen LogP contribution is 2.30. The van der Waals surface area contributed by atoms with Gasteiger partial charge in [-0.25, -0.2) is 9.97 Å². The summed E-state index contributed by atoms with van der Waals surface area (Å²) in [5.74, 6) is 1.61. The summed E-state index contributed by atoms with van der Waals surface area (Å²) in [7, 11) is 3.09. The second kappa shape index (κ2) is 9.18. The van der Waals surface area contributed by atoms with E-state index in [1.165, 1.54) is 7.11 Å². The van der Waals surface area contributed by atoms with E-state index in [2.05, 4.69) is 25.1 Å². The zero-order chi connectivity index (χ0) is 19.1. The van der Waals surface area contributed by atoms with Crippen LogP contribution in [0.15, 0.2) is 36.7 Å². The lowest BCUT2D eigenvalue weighted by molar-refractivity contribution is 0.0944. The Hall–Kier alpha value is -2.87. The summed E-state index contributed by atoms with van der Waals surface area (Å²) in [4.78, 5) is 25.6. The average Bonchev–Trinajstić information content (AvgIpc) is 2.74. The van der Waals surface area contributed by atoms with Crippen LogP contribution < -0.4 is 19.7 Å². The maximum absolute atomic E-state index is 12.5. The van der Waals surface area contributed by atoms with Crippen molar-refractivity contribution in [1.29, 1.82) is 0 Å². The first-order chi connectivity index (χ1) is 13.2. The van der Waals surface area contributed by atoms with Crippen LogP contribution in [0.2, 0.25) is 0 Å².